The van der Waals surface area contributed by atoms with Gasteiger partial charge in [0.2, 0.25) is 15.9 Å². The molecule has 0 radical (unpaired) electrons. The highest BCUT2D eigenvalue weighted by Crippen LogP contribution is 2.23. The van der Waals surface area contributed by atoms with E-state index in [0.717, 1.165) is 22.3 Å². The molecule has 1 amide bonds. The maximum atomic E-state index is 12.6. The van der Waals surface area contributed by atoms with Crippen molar-refractivity contribution in [1.82, 2.24) is 14.1 Å². The molecule has 0 aliphatic heterocycles. The second kappa shape index (κ2) is 8.10. The summed E-state index contributed by atoms with van der Waals surface area (Å²) in [6.45, 7) is 1.63. The van der Waals surface area contributed by atoms with Crippen LogP contribution in [0.1, 0.15) is 12.5 Å². The van der Waals surface area contributed by atoms with Gasteiger partial charge < -0.3 is 9.72 Å². The molecule has 2 heterocycles. The fourth-order valence-electron chi connectivity index (χ4n) is 3.10. The molecule has 0 saturated heterocycles. The third-order valence-corrected chi connectivity index (χ3v) is 6.05. The van der Waals surface area contributed by atoms with Crippen molar-refractivity contribution in [3.63, 3.8) is 0 Å². The van der Waals surface area contributed by atoms with Crippen LogP contribution in [-0.2, 0) is 21.4 Å². The maximum Gasteiger partial charge on any atom is 0.240 e. The molecule has 0 bridgehead atoms. The van der Waals surface area contributed by atoms with E-state index in [9.17, 15) is 13.2 Å². The molecule has 4 aromatic rings. The lowest BCUT2D eigenvalue weighted by Crippen LogP contribution is -2.23. The van der Waals surface area contributed by atoms with E-state index >= 15 is 0 Å². The third-order valence-electron chi connectivity index (χ3n) is 4.63. The van der Waals surface area contributed by atoms with Crippen molar-refractivity contribution >= 4 is 27.3 Å². The standard InChI is InChI=1S/C22H20N4O3S/c1-16(27)25-20-6-2-18(3-7-20)19-4-8-21(9-5-19)30(28,29)24-15-17-10-12-26-13-11-23-22(26)14-17/h2-14,24H,15H2,1H3,(H,25,27). The van der Waals surface area contributed by atoms with E-state index in [1.54, 1.807) is 42.6 Å². The molecule has 0 saturated carbocycles. The van der Waals surface area contributed by atoms with Crippen molar-refractivity contribution in [3.8, 4) is 11.1 Å². The first-order chi connectivity index (χ1) is 14.4. The van der Waals surface area contributed by atoms with Gasteiger partial charge >= 0.3 is 0 Å². The van der Waals surface area contributed by atoms with Crippen LogP contribution in [0.15, 0.2) is 84.1 Å². The van der Waals surface area contributed by atoms with Crippen molar-refractivity contribution in [3.05, 3.63) is 84.8 Å². The minimum atomic E-state index is -3.64. The zero-order valence-electron chi connectivity index (χ0n) is 16.2. The molecular formula is C22H20N4O3S. The lowest BCUT2D eigenvalue weighted by molar-refractivity contribution is -0.114. The fraction of sp³-hybridized carbons (Fsp3) is 0.0909. The number of hydrogen-bond donors (Lipinski definition) is 2. The van der Waals surface area contributed by atoms with Gasteiger partial charge in [-0.15, -0.1) is 0 Å². The Bertz CT molecular complexity index is 1290. The number of rotatable bonds is 6. The van der Waals surface area contributed by atoms with Crippen LogP contribution >= 0.6 is 0 Å². The summed E-state index contributed by atoms with van der Waals surface area (Å²) >= 11 is 0. The van der Waals surface area contributed by atoms with Crippen LogP contribution < -0.4 is 10.0 Å². The number of sulfonamides is 1. The zero-order valence-corrected chi connectivity index (χ0v) is 17.1. The second-order valence-electron chi connectivity index (χ2n) is 6.84. The molecule has 0 spiro atoms. The molecular weight excluding hydrogens is 400 g/mol. The molecule has 4 rings (SSSR count). The average molecular weight is 420 g/mol. The molecule has 0 aliphatic rings. The summed E-state index contributed by atoms with van der Waals surface area (Å²) in [6.07, 6.45) is 5.37. The summed E-state index contributed by atoms with van der Waals surface area (Å²) in [7, 11) is -3.64. The van der Waals surface area contributed by atoms with Crippen molar-refractivity contribution in [1.29, 1.82) is 0 Å². The maximum absolute atomic E-state index is 12.6. The Balaban J connectivity index is 1.46. The number of amides is 1. The highest BCUT2D eigenvalue weighted by atomic mass is 32.2. The van der Waals surface area contributed by atoms with Crippen molar-refractivity contribution in [2.45, 2.75) is 18.4 Å². The van der Waals surface area contributed by atoms with E-state index in [0.29, 0.717) is 5.69 Å². The lowest BCUT2D eigenvalue weighted by atomic mass is 10.1. The number of pyridine rings is 1. The Hall–Kier alpha value is -3.49. The van der Waals surface area contributed by atoms with Gasteiger partial charge in [0.05, 0.1) is 4.90 Å². The number of anilines is 1. The summed E-state index contributed by atoms with van der Waals surface area (Å²) in [5.74, 6) is -0.130. The van der Waals surface area contributed by atoms with Gasteiger partial charge in [0.15, 0.2) is 0 Å². The summed E-state index contributed by atoms with van der Waals surface area (Å²) in [5.41, 5.74) is 4.11. The molecule has 0 aliphatic carbocycles. The first-order valence-corrected chi connectivity index (χ1v) is 10.8. The highest BCUT2D eigenvalue weighted by molar-refractivity contribution is 7.89. The summed E-state index contributed by atoms with van der Waals surface area (Å²) < 4.78 is 29.8. The Morgan fingerprint density at radius 1 is 0.967 bits per heavy atom. The van der Waals surface area contributed by atoms with Crippen molar-refractivity contribution in [2.24, 2.45) is 0 Å². The second-order valence-corrected chi connectivity index (χ2v) is 8.60. The van der Waals surface area contributed by atoms with E-state index in [-0.39, 0.29) is 17.3 Å². The first-order valence-electron chi connectivity index (χ1n) is 9.30. The van der Waals surface area contributed by atoms with Gasteiger partial charge in [-0.25, -0.2) is 18.1 Å². The molecule has 0 unspecified atom stereocenters. The van der Waals surface area contributed by atoms with Gasteiger partial charge in [-0.3, -0.25) is 4.79 Å². The van der Waals surface area contributed by atoms with Gasteiger partial charge in [0.1, 0.15) is 5.65 Å². The van der Waals surface area contributed by atoms with E-state index in [2.05, 4.69) is 15.0 Å². The number of benzene rings is 2. The van der Waals surface area contributed by atoms with Gasteiger partial charge in [-0.05, 0) is 53.1 Å². The quantitative estimate of drug-likeness (QED) is 0.500. The predicted molar refractivity (Wildman–Crippen MR) is 115 cm³/mol. The Morgan fingerprint density at radius 3 is 2.30 bits per heavy atom. The lowest BCUT2D eigenvalue weighted by Gasteiger charge is -2.09. The van der Waals surface area contributed by atoms with Gasteiger partial charge in [-0.1, -0.05) is 24.3 Å². The first kappa shape index (κ1) is 19.8. The molecule has 30 heavy (non-hydrogen) atoms. The average Bonchev–Trinajstić information content (AvgIpc) is 3.20. The number of imidazole rings is 1. The molecule has 0 fully saturated rings. The number of nitrogens with zero attached hydrogens (tertiary/aromatic N) is 2. The fourth-order valence-corrected chi connectivity index (χ4v) is 4.12. The van der Waals surface area contributed by atoms with E-state index < -0.39 is 10.0 Å². The van der Waals surface area contributed by atoms with Gasteiger partial charge in [0.25, 0.3) is 0 Å². The monoisotopic (exact) mass is 420 g/mol. The van der Waals surface area contributed by atoms with Crippen LogP contribution in [0.25, 0.3) is 16.8 Å². The molecule has 0 atom stereocenters. The van der Waals surface area contributed by atoms with Crippen molar-refractivity contribution in [2.75, 3.05) is 5.32 Å². The van der Waals surface area contributed by atoms with Crippen LogP contribution in [0.3, 0.4) is 0 Å². The van der Waals surface area contributed by atoms with Gasteiger partial charge in [0, 0.05) is 37.7 Å². The zero-order chi connectivity index (χ0) is 21.1. The number of hydrogen-bond acceptors (Lipinski definition) is 4. The Morgan fingerprint density at radius 2 is 1.63 bits per heavy atom. The van der Waals surface area contributed by atoms with Gasteiger partial charge in [-0.2, -0.15) is 0 Å². The van der Waals surface area contributed by atoms with Crippen LogP contribution in [-0.4, -0.2) is 23.7 Å². The molecule has 2 aromatic carbocycles. The highest BCUT2D eigenvalue weighted by Gasteiger charge is 2.14. The summed E-state index contributed by atoms with van der Waals surface area (Å²) in [4.78, 5) is 15.5. The van der Waals surface area contributed by atoms with E-state index in [4.69, 9.17) is 0 Å². The number of carbonyl (C=O) groups is 1. The van der Waals surface area contributed by atoms with Crippen molar-refractivity contribution < 1.29 is 13.2 Å². The molecule has 2 aromatic heterocycles. The minimum absolute atomic E-state index is 0.130. The SMILES string of the molecule is CC(=O)Nc1ccc(-c2ccc(S(=O)(=O)NCc3ccn4ccnc4c3)cc2)cc1. The molecule has 2 N–H and O–H groups in total. The molecule has 7 nitrogen and oxygen atoms in total. The van der Waals surface area contributed by atoms with Crippen LogP contribution in [0.2, 0.25) is 0 Å². The largest absolute Gasteiger partial charge is 0.326 e. The number of carbonyl (C=O) groups excluding carboxylic acids is 1. The minimum Gasteiger partial charge on any atom is -0.326 e. The Labute approximate surface area is 174 Å². The summed E-state index contributed by atoms with van der Waals surface area (Å²) in [6, 6.07) is 17.7. The van der Waals surface area contributed by atoms with E-state index in [1.807, 2.05) is 41.1 Å². The topological polar surface area (TPSA) is 92.6 Å². The number of fused-ring (bicyclic) bond motifs is 1. The predicted octanol–water partition coefficient (Wildman–Crippen LogP) is 3.44. The van der Waals surface area contributed by atoms with Crippen LogP contribution in [0, 0.1) is 0 Å². The molecule has 152 valence electrons. The number of nitrogens with one attached hydrogen (secondary N) is 2. The normalized spacial score (nSPS) is 11.5. The van der Waals surface area contributed by atoms with Crippen LogP contribution in [0.5, 0.6) is 0 Å². The van der Waals surface area contributed by atoms with E-state index in [1.165, 1.54) is 6.92 Å². The van der Waals surface area contributed by atoms with Crippen LogP contribution in [0.4, 0.5) is 5.69 Å². The summed E-state index contributed by atoms with van der Waals surface area (Å²) in [5, 5.41) is 2.72. The molecule has 8 heteroatoms. The number of aromatic nitrogens is 2. The smallest absolute Gasteiger partial charge is 0.240 e. The third kappa shape index (κ3) is 4.40. The Kier molecular flexibility index (Phi) is 5.35.